The van der Waals surface area contributed by atoms with Crippen LogP contribution in [0.2, 0.25) is 0 Å². The highest BCUT2D eigenvalue weighted by atomic mass is 32.1. The third kappa shape index (κ3) is 2.19. The van der Waals surface area contributed by atoms with Crippen molar-refractivity contribution in [3.8, 4) is 10.4 Å². The molecule has 0 aliphatic carbocycles. The predicted octanol–water partition coefficient (Wildman–Crippen LogP) is 3.52. The average Bonchev–Trinajstić information content (AvgIpc) is 2.77. The number of nitrogens with zero attached hydrogens (tertiary/aromatic N) is 1. The molecule has 0 bridgehead atoms. The Labute approximate surface area is 101 Å². The van der Waals surface area contributed by atoms with E-state index in [1.807, 2.05) is 7.05 Å². The molecule has 0 unspecified atom stereocenters. The normalized spacial score (nSPS) is 10.2. The summed E-state index contributed by atoms with van der Waals surface area (Å²) < 4.78 is 0. The third-order valence-corrected chi connectivity index (χ3v) is 3.51. The van der Waals surface area contributed by atoms with Gasteiger partial charge in [0, 0.05) is 42.8 Å². The van der Waals surface area contributed by atoms with Gasteiger partial charge in [0.1, 0.15) is 0 Å². The van der Waals surface area contributed by atoms with Gasteiger partial charge >= 0.3 is 0 Å². The van der Waals surface area contributed by atoms with E-state index in [2.05, 4.69) is 60.0 Å². The fourth-order valence-corrected chi connectivity index (χ4v) is 2.45. The van der Waals surface area contributed by atoms with Gasteiger partial charge in [-0.15, -0.1) is 11.3 Å². The van der Waals surface area contributed by atoms with Crippen molar-refractivity contribution in [1.29, 1.82) is 0 Å². The van der Waals surface area contributed by atoms with Crippen LogP contribution in [-0.2, 0) is 0 Å². The van der Waals surface area contributed by atoms with Crippen molar-refractivity contribution >= 4 is 22.7 Å². The summed E-state index contributed by atoms with van der Waals surface area (Å²) in [5.41, 5.74) is 3.69. The van der Waals surface area contributed by atoms with E-state index in [9.17, 15) is 0 Å². The smallest absolute Gasteiger partial charge is 0.0452 e. The summed E-state index contributed by atoms with van der Waals surface area (Å²) in [5.74, 6) is 0. The van der Waals surface area contributed by atoms with Gasteiger partial charge in [-0.05, 0) is 23.8 Å². The number of benzene rings is 1. The molecule has 0 spiro atoms. The molecular weight excluding hydrogens is 216 g/mol. The lowest BCUT2D eigenvalue weighted by Crippen LogP contribution is -2.08. The first-order valence-electron chi connectivity index (χ1n) is 5.25. The molecule has 2 aromatic rings. The molecule has 1 heterocycles. The molecule has 1 N–H and O–H groups in total. The summed E-state index contributed by atoms with van der Waals surface area (Å²) in [6, 6.07) is 10.8. The first kappa shape index (κ1) is 11.0. The predicted molar refractivity (Wildman–Crippen MR) is 73.6 cm³/mol. The fourth-order valence-electron chi connectivity index (χ4n) is 1.56. The quantitative estimate of drug-likeness (QED) is 0.871. The molecule has 1 aromatic heterocycles. The molecule has 2 rings (SSSR count). The van der Waals surface area contributed by atoms with Crippen molar-refractivity contribution in [3.63, 3.8) is 0 Å². The van der Waals surface area contributed by atoms with E-state index < -0.39 is 0 Å². The van der Waals surface area contributed by atoms with Gasteiger partial charge in [0.2, 0.25) is 0 Å². The Morgan fingerprint density at radius 3 is 2.62 bits per heavy atom. The van der Waals surface area contributed by atoms with Gasteiger partial charge in [-0.2, -0.15) is 0 Å². The van der Waals surface area contributed by atoms with E-state index in [1.165, 1.54) is 21.8 Å². The molecule has 0 aliphatic rings. The van der Waals surface area contributed by atoms with E-state index in [1.54, 1.807) is 11.3 Å². The van der Waals surface area contributed by atoms with Gasteiger partial charge in [-0.25, -0.2) is 0 Å². The van der Waals surface area contributed by atoms with E-state index in [-0.39, 0.29) is 0 Å². The van der Waals surface area contributed by atoms with Crippen molar-refractivity contribution in [2.24, 2.45) is 0 Å². The Morgan fingerprint density at radius 2 is 2.00 bits per heavy atom. The molecule has 1 aromatic carbocycles. The first-order valence-corrected chi connectivity index (χ1v) is 6.12. The summed E-state index contributed by atoms with van der Waals surface area (Å²) in [4.78, 5) is 3.42. The molecule has 0 saturated carbocycles. The summed E-state index contributed by atoms with van der Waals surface area (Å²) in [7, 11) is 6.07. The van der Waals surface area contributed by atoms with E-state index in [4.69, 9.17) is 0 Å². The molecule has 3 heteroatoms. The topological polar surface area (TPSA) is 15.3 Å². The van der Waals surface area contributed by atoms with Crippen LogP contribution < -0.4 is 10.2 Å². The van der Waals surface area contributed by atoms with Crippen LogP contribution in [0.3, 0.4) is 0 Å². The number of hydrogen-bond acceptors (Lipinski definition) is 3. The van der Waals surface area contributed by atoms with Crippen LogP contribution in [0.5, 0.6) is 0 Å². The molecular formula is C13H16N2S. The second-order valence-corrected chi connectivity index (χ2v) is 4.81. The van der Waals surface area contributed by atoms with Crippen LogP contribution in [0.25, 0.3) is 10.4 Å². The molecule has 84 valence electrons. The average molecular weight is 232 g/mol. The van der Waals surface area contributed by atoms with Gasteiger partial charge < -0.3 is 10.2 Å². The van der Waals surface area contributed by atoms with Crippen molar-refractivity contribution in [1.82, 2.24) is 0 Å². The molecule has 0 fully saturated rings. The van der Waals surface area contributed by atoms with Gasteiger partial charge in [-0.1, -0.05) is 12.1 Å². The zero-order valence-electron chi connectivity index (χ0n) is 9.82. The molecule has 16 heavy (non-hydrogen) atoms. The highest BCUT2D eigenvalue weighted by Gasteiger charge is 2.03. The fraction of sp³-hybridized carbons (Fsp3) is 0.231. The Kier molecular flexibility index (Phi) is 3.15. The molecule has 0 atom stereocenters. The Bertz CT molecular complexity index is 474. The number of hydrogen-bond donors (Lipinski definition) is 1. The maximum absolute atomic E-state index is 3.15. The van der Waals surface area contributed by atoms with E-state index in [0.717, 1.165) is 0 Å². The van der Waals surface area contributed by atoms with Crippen LogP contribution in [0, 0.1) is 0 Å². The lowest BCUT2D eigenvalue weighted by atomic mass is 10.1. The van der Waals surface area contributed by atoms with Crippen molar-refractivity contribution in [3.05, 3.63) is 35.7 Å². The Morgan fingerprint density at radius 1 is 1.19 bits per heavy atom. The second kappa shape index (κ2) is 4.58. The first-order chi connectivity index (χ1) is 7.70. The highest BCUT2D eigenvalue weighted by Crippen LogP contribution is 2.31. The second-order valence-electron chi connectivity index (χ2n) is 3.89. The SMILES string of the molecule is CNc1csc(-c2cccc(N(C)C)c2)c1. The van der Waals surface area contributed by atoms with Crippen LogP contribution in [-0.4, -0.2) is 21.1 Å². The van der Waals surface area contributed by atoms with Gasteiger partial charge in [-0.3, -0.25) is 0 Å². The summed E-state index contributed by atoms with van der Waals surface area (Å²) in [5, 5.41) is 5.29. The largest absolute Gasteiger partial charge is 0.387 e. The van der Waals surface area contributed by atoms with Gasteiger partial charge in [0.15, 0.2) is 0 Å². The maximum Gasteiger partial charge on any atom is 0.0452 e. The lowest BCUT2D eigenvalue weighted by molar-refractivity contribution is 1.13. The van der Waals surface area contributed by atoms with Crippen LogP contribution in [0.4, 0.5) is 11.4 Å². The monoisotopic (exact) mass is 232 g/mol. The van der Waals surface area contributed by atoms with Crippen LogP contribution in [0.15, 0.2) is 35.7 Å². The number of thiophene rings is 1. The maximum atomic E-state index is 3.15. The zero-order valence-corrected chi connectivity index (χ0v) is 10.6. The lowest BCUT2D eigenvalue weighted by Gasteiger charge is -2.12. The van der Waals surface area contributed by atoms with Crippen molar-refractivity contribution in [2.45, 2.75) is 0 Å². The Balaban J connectivity index is 2.36. The van der Waals surface area contributed by atoms with Crippen LogP contribution in [0.1, 0.15) is 0 Å². The molecule has 0 saturated heterocycles. The third-order valence-electron chi connectivity index (χ3n) is 2.54. The van der Waals surface area contributed by atoms with Crippen molar-refractivity contribution < 1.29 is 0 Å². The van der Waals surface area contributed by atoms with Gasteiger partial charge in [0.05, 0.1) is 0 Å². The minimum absolute atomic E-state index is 1.18. The van der Waals surface area contributed by atoms with Crippen LogP contribution >= 0.6 is 11.3 Å². The molecule has 0 aliphatic heterocycles. The van der Waals surface area contributed by atoms with E-state index >= 15 is 0 Å². The number of rotatable bonds is 3. The highest BCUT2D eigenvalue weighted by molar-refractivity contribution is 7.14. The summed E-state index contributed by atoms with van der Waals surface area (Å²) >= 11 is 1.77. The number of anilines is 2. The molecule has 0 radical (unpaired) electrons. The van der Waals surface area contributed by atoms with E-state index in [0.29, 0.717) is 0 Å². The minimum Gasteiger partial charge on any atom is -0.387 e. The summed E-state index contributed by atoms with van der Waals surface area (Å²) in [6.45, 7) is 0. The Hall–Kier alpha value is -1.48. The minimum atomic E-state index is 1.18. The summed E-state index contributed by atoms with van der Waals surface area (Å²) in [6.07, 6.45) is 0. The van der Waals surface area contributed by atoms with Crippen molar-refractivity contribution in [2.75, 3.05) is 31.4 Å². The molecule has 0 amide bonds. The zero-order chi connectivity index (χ0) is 11.5. The number of nitrogens with one attached hydrogen (secondary N) is 1. The van der Waals surface area contributed by atoms with Gasteiger partial charge in [0.25, 0.3) is 0 Å². The standard InChI is InChI=1S/C13H16N2S/c1-14-11-8-13(16-9-11)10-5-4-6-12(7-10)15(2)3/h4-9,14H,1-3H3. The molecule has 2 nitrogen and oxygen atoms in total.